The average Bonchev–Trinajstić information content (AvgIpc) is 2.71. The van der Waals surface area contributed by atoms with Gasteiger partial charge in [0.2, 0.25) is 0 Å². The van der Waals surface area contributed by atoms with Gasteiger partial charge >= 0.3 is 0 Å². The maximum Gasteiger partial charge on any atom is 0.277 e. The molecule has 0 aliphatic heterocycles. The molecule has 2 aromatic rings. The Morgan fingerprint density at radius 1 is 1.43 bits per heavy atom. The van der Waals surface area contributed by atoms with Gasteiger partial charge in [0.25, 0.3) is 5.91 Å². The molecule has 0 fully saturated rings. The number of carbonyl (C=O) groups excluding carboxylic acids is 1. The molecule has 2 N–H and O–H groups in total. The van der Waals surface area contributed by atoms with Crippen molar-refractivity contribution in [2.75, 3.05) is 5.32 Å². The smallest absolute Gasteiger partial charge is 0.277 e. The van der Waals surface area contributed by atoms with Crippen molar-refractivity contribution >= 4 is 27.5 Å². The lowest BCUT2D eigenvalue weighted by molar-refractivity contribution is 0.102. The SMILES string of the molecule is Cc1cc(O)c(C(C)C)cc1NC(=O)c1nn(C)cc1Br. The van der Waals surface area contributed by atoms with Crippen molar-refractivity contribution in [3.63, 3.8) is 0 Å². The molecule has 0 saturated carbocycles. The molecule has 112 valence electrons. The third-order valence-corrected chi connectivity index (χ3v) is 3.82. The Balaban J connectivity index is 2.33. The molecule has 0 aliphatic carbocycles. The van der Waals surface area contributed by atoms with Gasteiger partial charge in [-0.05, 0) is 52.0 Å². The highest BCUT2D eigenvalue weighted by Crippen LogP contribution is 2.31. The molecule has 0 spiro atoms. The number of hydrogen-bond donors (Lipinski definition) is 2. The van der Waals surface area contributed by atoms with Gasteiger partial charge in [0.05, 0.1) is 4.47 Å². The lowest BCUT2D eigenvalue weighted by Crippen LogP contribution is -2.14. The summed E-state index contributed by atoms with van der Waals surface area (Å²) in [5.41, 5.74) is 2.61. The highest BCUT2D eigenvalue weighted by Gasteiger charge is 2.17. The number of hydrogen-bond acceptors (Lipinski definition) is 3. The summed E-state index contributed by atoms with van der Waals surface area (Å²) in [6, 6.07) is 3.47. The molecule has 5 nitrogen and oxygen atoms in total. The van der Waals surface area contributed by atoms with E-state index in [4.69, 9.17) is 0 Å². The number of nitrogens with zero attached hydrogens (tertiary/aromatic N) is 2. The highest BCUT2D eigenvalue weighted by molar-refractivity contribution is 9.10. The van der Waals surface area contributed by atoms with Crippen LogP contribution in [0.2, 0.25) is 0 Å². The molecule has 1 amide bonds. The minimum atomic E-state index is -0.286. The molecule has 1 heterocycles. The zero-order chi connectivity index (χ0) is 15.7. The third kappa shape index (κ3) is 3.26. The minimum Gasteiger partial charge on any atom is -0.508 e. The molecule has 0 radical (unpaired) electrons. The summed E-state index contributed by atoms with van der Waals surface area (Å²) >= 11 is 3.31. The maximum atomic E-state index is 12.3. The van der Waals surface area contributed by atoms with E-state index < -0.39 is 0 Å². The normalized spacial score (nSPS) is 11.0. The number of phenols is 1. The first kappa shape index (κ1) is 15.6. The molecule has 21 heavy (non-hydrogen) atoms. The van der Waals surface area contributed by atoms with E-state index in [1.165, 1.54) is 0 Å². The molecule has 1 aromatic carbocycles. The summed E-state index contributed by atoms with van der Waals surface area (Å²) < 4.78 is 2.21. The van der Waals surface area contributed by atoms with E-state index in [1.54, 1.807) is 24.0 Å². The minimum absolute atomic E-state index is 0.169. The zero-order valence-corrected chi connectivity index (χ0v) is 14.0. The summed E-state index contributed by atoms with van der Waals surface area (Å²) in [6.45, 7) is 5.82. The van der Waals surface area contributed by atoms with E-state index >= 15 is 0 Å². The van der Waals surface area contributed by atoms with E-state index in [1.807, 2.05) is 26.8 Å². The van der Waals surface area contributed by atoms with Crippen LogP contribution < -0.4 is 5.32 Å². The predicted octanol–water partition coefficient (Wildman–Crippen LogP) is 3.57. The number of anilines is 1. The number of phenolic OH excluding ortho intramolecular Hbond substituents is 1. The Hall–Kier alpha value is -1.82. The number of benzene rings is 1. The van der Waals surface area contributed by atoms with E-state index in [2.05, 4.69) is 26.3 Å². The van der Waals surface area contributed by atoms with E-state index in [0.29, 0.717) is 15.9 Å². The predicted molar refractivity (Wildman–Crippen MR) is 85.8 cm³/mol. The van der Waals surface area contributed by atoms with Crippen LogP contribution in [0.1, 0.15) is 41.4 Å². The Bertz CT molecular complexity index is 692. The first-order valence-corrected chi connectivity index (χ1v) is 7.43. The van der Waals surface area contributed by atoms with Crippen LogP contribution in [-0.4, -0.2) is 20.8 Å². The fourth-order valence-corrected chi connectivity index (χ4v) is 2.66. The molecule has 0 saturated heterocycles. The van der Waals surface area contributed by atoms with Crippen LogP contribution in [0.15, 0.2) is 22.8 Å². The first-order valence-electron chi connectivity index (χ1n) is 6.63. The van der Waals surface area contributed by atoms with Gasteiger partial charge in [0.1, 0.15) is 5.75 Å². The standard InChI is InChI=1S/C15H18BrN3O2/c1-8(2)10-6-12(9(3)5-13(10)20)17-15(21)14-11(16)7-19(4)18-14/h5-8,20H,1-4H3,(H,17,21). The molecule has 0 aliphatic rings. The van der Waals surface area contributed by atoms with Crippen molar-refractivity contribution in [3.8, 4) is 5.75 Å². The van der Waals surface area contributed by atoms with Gasteiger partial charge in [0, 0.05) is 18.9 Å². The first-order chi connectivity index (χ1) is 9.79. The monoisotopic (exact) mass is 351 g/mol. The number of aromatic nitrogens is 2. The number of carbonyl (C=O) groups is 1. The van der Waals surface area contributed by atoms with Gasteiger partial charge in [0.15, 0.2) is 5.69 Å². The number of amides is 1. The fourth-order valence-electron chi connectivity index (χ4n) is 2.10. The van der Waals surface area contributed by atoms with Gasteiger partial charge in [-0.15, -0.1) is 0 Å². The number of halogens is 1. The van der Waals surface area contributed by atoms with Crippen molar-refractivity contribution < 1.29 is 9.90 Å². The van der Waals surface area contributed by atoms with Gasteiger partial charge < -0.3 is 10.4 Å². The Labute approximate surface area is 132 Å². The van der Waals surface area contributed by atoms with Crippen LogP contribution in [-0.2, 0) is 7.05 Å². The molecule has 0 atom stereocenters. The summed E-state index contributed by atoms with van der Waals surface area (Å²) in [4.78, 5) is 12.3. The average molecular weight is 352 g/mol. The Kier molecular flexibility index (Phi) is 4.37. The summed E-state index contributed by atoms with van der Waals surface area (Å²) in [5, 5.41) is 16.9. The van der Waals surface area contributed by atoms with Crippen LogP contribution in [0.5, 0.6) is 5.75 Å². The second-order valence-electron chi connectivity index (χ2n) is 5.33. The van der Waals surface area contributed by atoms with E-state index in [0.717, 1.165) is 11.1 Å². The fraction of sp³-hybridized carbons (Fsp3) is 0.333. The Morgan fingerprint density at radius 2 is 2.10 bits per heavy atom. The third-order valence-electron chi connectivity index (χ3n) is 3.24. The van der Waals surface area contributed by atoms with Crippen molar-refractivity contribution in [1.82, 2.24) is 9.78 Å². The molecule has 6 heteroatoms. The topological polar surface area (TPSA) is 67.2 Å². The molecule has 2 rings (SSSR count). The van der Waals surface area contributed by atoms with Crippen LogP contribution in [0.4, 0.5) is 5.69 Å². The van der Waals surface area contributed by atoms with Gasteiger partial charge in [-0.3, -0.25) is 9.48 Å². The van der Waals surface area contributed by atoms with Crippen LogP contribution in [0.25, 0.3) is 0 Å². The van der Waals surface area contributed by atoms with Crippen LogP contribution >= 0.6 is 15.9 Å². The molecular weight excluding hydrogens is 334 g/mol. The quantitative estimate of drug-likeness (QED) is 0.830. The largest absolute Gasteiger partial charge is 0.508 e. The summed E-state index contributed by atoms with van der Waals surface area (Å²) in [5.74, 6) is 0.133. The number of rotatable bonds is 3. The zero-order valence-electron chi connectivity index (χ0n) is 12.4. The van der Waals surface area contributed by atoms with Gasteiger partial charge in [-0.1, -0.05) is 13.8 Å². The van der Waals surface area contributed by atoms with Crippen molar-refractivity contribution in [3.05, 3.63) is 39.6 Å². The Morgan fingerprint density at radius 3 is 2.62 bits per heavy atom. The lowest BCUT2D eigenvalue weighted by atomic mass is 9.99. The van der Waals surface area contributed by atoms with Crippen LogP contribution in [0.3, 0.4) is 0 Å². The summed E-state index contributed by atoms with van der Waals surface area (Å²) in [6.07, 6.45) is 1.72. The second kappa shape index (κ2) is 5.89. The molecule has 1 aromatic heterocycles. The number of nitrogens with one attached hydrogen (secondary N) is 1. The highest BCUT2D eigenvalue weighted by atomic mass is 79.9. The van der Waals surface area contributed by atoms with E-state index in [-0.39, 0.29) is 17.6 Å². The van der Waals surface area contributed by atoms with E-state index in [9.17, 15) is 9.90 Å². The summed E-state index contributed by atoms with van der Waals surface area (Å²) in [7, 11) is 1.75. The van der Waals surface area contributed by atoms with Gasteiger partial charge in [-0.2, -0.15) is 5.10 Å². The van der Waals surface area contributed by atoms with Gasteiger partial charge in [-0.25, -0.2) is 0 Å². The van der Waals surface area contributed by atoms with Crippen LogP contribution in [0, 0.1) is 6.92 Å². The molecule has 0 bridgehead atoms. The number of aromatic hydroxyl groups is 1. The lowest BCUT2D eigenvalue weighted by Gasteiger charge is -2.14. The maximum absolute atomic E-state index is 12.3. The number of aryl methyl sites for hydroxylation is 2. The van der Waals surface area contributed by atoms with Crippen molar-refractivity contribution in [2.45, 2.75) is 26.7 Å². The second-order valence-corrected chi connectivity index (χ2v) is 6.19. The molecular formula is C15H18BrN3O2. The van der Waals surface area contributed by atoms with Crippen molar-refractivity contribution in [1.29, 1.82) is 0 Å². The van der Waals surface area contributed by atoms with Crippen molar-refractivity contribution in [2.24, 2.45) is 7.05 Å². The molecule has 0 unspecified atom stereocenters.